The van der Waals surface area contributed by atoms with E-state index in [-0.39, 0.29) is 11.7 Å². The van der Waals surface area contributed by atoms with Crippen molar-refractivity contribution in [3.63, 3.8) is 0 Å². The molecule has 0 saturated carbocycles. The number of phenols is 1. The van der Waals surface area contributed by atoms with Crippen LogP contribution in [0.5, 0.6) is 5.75 Å². The first kappa shape index (κ1) is 13.2. The maximum atomic E-state index is 12.6. The molecule has 0 radical (unpaired) electrons. The molecule has 0 bridgehead atoms. The number of nitrogens with zero attached hydrogens (tertiary/aromatic N) is 2. The third-order valence-corrected chi connectivity index (χ3v) is 4.11. The highest BCUT2D eigenvalue weighted by Crippen LogP contribution is 2.25. The molecule has 1 amide bonds. The molecular weight excluding hydrogens is 320 g/mol. The van der Waals surface area contributed by atoms with E-state index in [9.17, 15) is 9.90 Å². The van der Waals surface area contributed by atoms with E-state index in [2.05, 4.69) is 15.9 Å². The molecule has 0 atom stereocenters. The van der Waals surface area contributed by atoms with Crippen LogP contribution in [0, 0.1) is 0 Å². The van der Waals surface area contributed by atoms with E-state index in [1.54, 1.807) is 12.1 Å². The van der Waals surface area contributed by atoms with E-state index in [4.69, 9.17) is 0 Å². The number of hydrogen-bond donors (Lipinski definition) is 1. The van der Waals surface area contributed by atoms with Crippen molar-refractivity contribution < 1.29 is 9.90 Å². The summed E-state index contributed by atoms with van der Waals surface area (Å²) in [5.41, 5.74) is 2.90. The van der Waals surface area contributed by atoms with Gasteiger partial charge in [-0.2, -0.15) is 0 Å². The van der Waals surface area contributed by atoms with E-state index >= 15 is 0 Å². The van der Waals surface area contributed by atoms with Crippen molar-refractivity contribution in [2.45, 2.75) is 13.0 Å². The quantitative estimate of drug-likeness (QED) is 0.871. The van der Waals surface area contributed by atoms with Crippen LogP contribution < -0.4 is 0 Å². The lowest BCUT2D eigenvalue weighted by Crippen LogP contribution is -2.36. The Hall–Kier alpha value is -1.75. The average Bonchev–Trinajstić information content (AvgIpc) is 2.76. The molecule has 20 heavy (non-hydrogen) atoms. The van der Waals surface area contributed by atoms with Crippen LogP contribution >= 0.6 is 15.9 Å². The maximum absolute atomic E-state index is 12.6. The molecule has 0 fully saturated rings. The number of halogens is 1. The summed E-state index contributed by atoms with van der Waals surface area (Å²) >= 11 is 3.39. The van der Waals surface area contributed by atoms with Crippen molar-refractivity contribution in [3.05, 3.63) is 51.8 Å². The minimum Gasteiger partial charge on any atom is -0.508 e. The molecular formula is C15H15BrN2O2. The van der Waals surface area contributed by atoms with E-state index in [0.717, 1.165) is 16.5 Å². The zero-order chi connectivity index (χ0) is 14.3. The van der Waals surface area contributed by atoms with E-state index in [0.29, 0.717) is 18.8 Å². The van der Waals surface area contributed by atoms with Gasteiger partial charge in [0, 0.05) is 30.8 Å². The second-order valence-corrected chi connectivity index (χ2v) is 6.00. The first-order valence-corrected chi connectivity index (χ1v) is 7.26. The fraction of sp³-hybridized carbons (Fsp3) is 0.267. The van der Waals surface area contributed by atoms with Gasteiger partial charge in [0.2, 0.25) is 0 Å². The summed E-state index contributed by atoms with van der Waals surface area (Å²) in [5.74, 6) is 0.270. The monoisotopic (exact) mass is 334 g/mol. The van der Waals surface area contributed by atoms with Gasteiger partial charge in [-0.1, -0.05) is 6.07 Å². The molecule has 0 saturated heterocycles. The SMILES string of the molecule is Cn1cc(Br)cc1C(=O)N1CCc2ccc(O)cc2C1. The number of hydrogen-bond acceptors (Lipinski definition) is 2. The summed E-state index contributed by atoms with van der Waals surface area (Å²) in [4.78, 5) is 14.4. The Bertz CT molecular complexity index is 679. The minimum absolute atomic E-state index is 0.0205. The Labute approximate surface area is 125 Å². The highest BCUT2D eigenvalue weighted by Gasteiger charge is 2.23. The van der Waals surface area contributed by atoms with Gasteiger partial charge < -0.3 is 14.6 Å². The number of carbonyl (C=O) groups is 1. The third kappa shape index (κ3) is 2.33. The molecule has 1 aliphatic heterocycles. The first-order valence-electron chi connectivity index (χ1n) is 6.46. The standard InChI is InChI=1S/C15H15BrN2O2/c1-17-9-12(16)7-14(17)15(20)18-5-4-10-2-3-13(19)6-11(10)8-18/h2-3,6-7,9,19H,4-5,8H2,1H3. The Morgan fingerprint density at radius 3 is 2.80 bits per heavy atom. The molecule has 1 aromatic carbocycles. The normalized spacial score (nSPS) is 14.2. The Balaban J connectivity index is 1.86. The van der Waals surface area contributed by atoms with Gasteiger partial charge in [-0.15, -0.1) is 0 Å². The summed E-state index contributed by atoms with van der Waals surface area (Å²) in [5, 5.41) is 9.56. The zero-order valence-electron chi connectivity index (χ0n) is 11.1. The lowest BCUT2D eigenvalue weighted by Gasteiger charge is -2.29. The van der Waals surface area contributed by atoms with Gasteiger partial charge in [0.25, 0.3) is 5.91 Å². The molecule has 1 aromatic heterocycles. The van der Waals surface area contributed by atoms with Crippen molar-refractivity contribution in [1.82, 2.24) is 9.47 Å². The fourth-order valence-corrected chi connectivity index (χ4v) is 3.14. The van der Waals surface area contributed by atoms with E-state index in [1.165, 1.54) is 5.56 Å². The molecule has 0 spiro atoms. The Morgan fingerprint density at radius 1 is 1.30 bits per heavy atom. The van der Waals surface area contributed by atoms with Crippen molar-refractivity contribution in [2.75, 3.05) is 6.54 Å². The molecule has 2 aromatic rings. The van der Waals surface area contributed by atoms with Gasteiger partial charge in [0.15, 0.2) is 0 Å². The summed E-state index contributed by atoms with van der Waals surface area (Å²) in [6.07, 6.45) is 2.70. The first-order chi connectivity index (χ1) is 9.54. The Kier molecular flexibility index (Phi) is 3.30. The third-order valence-electron chi connectivity index (χ3n) is 3.68. The van der Waals surface area contributed by atoms with Crippen LogP contribution in [0.2, 0.25) is 0 Å². The maximum Gasteiger partial charge on any atom is 0.270 e. The fourth-order valence-electron chi connectivity index (χ4n) is 2.62. The van der Waals surface area contributed by atoms with Crippen molar-refractivity contribution in [3.8, 4) is 5.75 Å². The highest BCUT2D eigenvalue weighted by molar-refractivity contribution is 9.10. The molecule has 0 unspecified atom stereocenters. The second-order valence-electron chi connectivity index (χ2n) is 5.08. The van der Waals surface area contributed by atoms with Gasteiger partial charge in [-0.05, 0) is 51.7 Å². The molecule has 3 rings (SSSR count). The van der Waals surface area contributed by atoms with Crippen LogP contribution in [-0.2, 0) is 20.0 Å². The van der Waals surface area contributed by atoms with Crippen LogP contribution in [0.1, 0.15) is 21.6 Å². The predicted octanol–water partition coefficient (Wildman–Crippen LogP) is 2.69. The topological polar surface area (TPSA) is 45.5 Å². The minimum atomic E-state index is 0.0205. The van der Waals surface area contributed by atoms with Crippen LogP contribution in [0.3, 0.4) is 0 Å². The van der Waals surface area contributed by atoms with Crippen LogP contribution in [-0.4, -0.2) is 27.0 Å². The van der Waals surface area contributed by atoms with Gasteiger partial charge in [-0.3, -0.25) is 4.79 Å². The summed E-state index contributed by atoms with van der Waals surface area (Å²) < 4.78 is 2.73. The lowest BCUT2D eigenvalue weighted by molar-refractivity contribution is 0.0725. The van der Waals surface area contributed by atoms with Gasteiger partial charge in [0.05, 0.1) is 0 Å². The highest BCUT2D eigenvalue weighted by atomic mass is 79.9. The molecule has 0 aliphatic carbocycles. The number of carbonyl (C=O) groups excluding carboxylic acids is 1. The summed E-state index contributed by atoms with van der Waals surface area (Å²) in [6.45, 7) is 1.25. The van der Waals surface area contributed by atoms with Crippen molar-refractivity contribution >= 4 is 21.8 Å². The van der Waals surface area contributed by atoms with Gasteiger partial charge in [-0.25, -0.2) is 0 Å². The predicted molar refractivity (Wildman–Crippen MR) is 79.7 cm³/mol. The zero-order valence-corrected chi connectivity index (χ0v) is 12.7. The largest absolute Gasteiger partial charge is 0.508 e. The number of aromatic hydroxyl groups is 1. The lowest BCUT2D eigenvalue weighted by atomic mass is 9.99. The molecule has 1 aliphatic rings. The number of benzene rings is 1. The average molecular weight is 335 g/mol. The van der Waals surface area contributed by atoms with Gasteiger partial charge >= 0.3 is 0 Å². The number of aryl methyl sites for hydroxylation is 1. The summed E-state index contributed by atoms with van der Waals surface area (Å²) in [7, 11) is 1.86. The number of phenolic OH excluding ortho intramolecular Hbond substituents is 1. The molecule has 4 nitrogen and oxygen atoms in total. The number of aromatic nitrogens is 1. The van der Waals surface area contributed by atoms with Crippen LogP contribution in [0.15, 0.2) is 34.9 Å². The van der Waals surface area contributed by atoms with E-state index < -0.39 is 0 Å². The Morgan fingerprint density at radius 2 is 2.10 bits per heavy atom. The molecule has 104 valence electrons. The van der Waals surface area contributed by atoms with Crippen LogP contribution in [0.4, 0.5) is 0 Å². The second kappa shape index (κ2) is 4.98. The molecule has 2 heterocycles. The number of amides is 1. The summed E-state index contributed by atoms with van der Waals surface area (Å²) in [6, 6.07) is 7.21. The van der Waals surface area contributed by atoms with E-state index in [1.807, 2.05) is 34.8 Å². The van der Waals surface area contributed by atoms with Crippen molar-refractivity contribution in [2.24, 2.45) is 7.05 Å². The van der Waals surface area contributed by atoms with Crippen molar-refractivity contribution in [1.29, 1.82) is 0 Å². The van der Waals surface area contributed by atoms with Crippen LogP contribution in [0.25, 0.3) is 0 Å². The smallest absolute Gasteiger partial charge is 0.270 e. The van der Waals surface area contributed by atoms with Gasteiger partial charge in [0.1, 0.15) is 11.4 Å². The number of fused-ring (bicyclic) bond motifs is 1. The number of rotatable bonds is 1. The molecule has 5 heteroatoms. The molecule has 1 N–H and O–H groups in total.